The highest BCUT2D eigenvalue weighted by Crippen LogP contribution is 2.26. The van der Waals surface area contributed by atoms with Crippen LogP contribution in [0.4, 0.5) is 0 Å². The first-order valence-electron chi connectivity index (χ1n) is 6.43. The molecule has 20 heavy (non-hydrogen) atoms. The van der Waals surface area contributed by atoms with Crippen LogP contribution in [0.25, 0.3) is 0 Å². The summed E-state index contributed by atoms with van der Waals surface area (Å²) in [5, 5.41) is 14.8. The Labute approximate surface area is 123 Å². The summed E-state index contributed by atoms with van der Waals surface area (Å²) in [4.78, 5) is 11.5. The number of rotatable bonds is 8. The minimum absolute atomic E-state index is 0.0924. The van der Waals surface area contributed by atoms with Crippen LogP contribution >= 0.6 is 11.6 Å². The molecule has 0 aromatic heterocycles. The molecule has 0 aliphatic rings. The first kappa shape index (κ1) is 16.3. The van der Waals surface area contributed by atoms with E-state index in [1.165, 1.54) is 0 Å². The summed E-state index contributed by atoms with van der Waals surface area (Å²) >= 11 is 6.13. The molecule has 6 heteroatoms. The van der Waals surface area contributed by atoms with Gasteiger partial charge in [-0.25, -0.2) is 0 Å². The van der Waals surface area contributed by atoms with Gasteiger partial charge in [-0.15, -0.1) is 0 Å². The van der Waals surface area contributed by atoms with Gasteiger partial charge in [0, 0.05) is 23.7 Å². The summed E-state index contributed by atoms with van der Waals surface area (Å²) in [5.41, 5.74) is 0.834. The monoisotopic (exact) mass is 295 g/mol. The molecule has 0 saturated carbocycles. The van der Waals surface area contributed by atoms with E-state index in [1.54, 1.807) is 18.2 Å². The minimum atomic E-state index is -0.255. The van der Waals surface area contributed by atoms with Gasteiger partial charge in [0.05, 0.1) is 12.5 Å². The molecule has 0 radical (unpaired) electrons. The third kappa shape index (κ3) is 5.47. The van der Waals surface area contributed by atoms with E-state index in [0.717, 1.165) is 12.1 Å². The molecule has 0 heterocycles. The van der Waals surface area contributed by atoms with Crippen molar-refractivity contribution in [2.24, 2.45) is 0 Å². The van der Waals surface area contributed by atoms with Crippen molar-refractivity contribution in [1.29, 1.82) is 5.26 Å². The van der Waals surface area contributed by atoms with Crippen molar-refractivity contribution in [1.82, 2.24) is 10.6 Å². The summed E-state index contributed by atoms with van der Waals surface area (Å²) in [5.74, 6) is 0.337. The fraction of sp³-hybridized carbons (Fsp3) is 0.429. The van der Waals surface area contributed by atoms with Crippen LogP contribution in [0.2, 0.25) is 5.02 Å². The standard InChI is InChI=1S/C14H18ClN3O2/c1-2-17-9-11-12(15)5-3-6-13(11)20-10-14(19)18-8-4-7-16/h3,5-6,17H,2,4,8-10H2,1H3,(H,18,19). The number of benzene rings is 1. The number of amides is 1. The molecule has 108 valence electrons. The Bertz CT molecular complexity index is 486. The smallest absolute Gasteiger partial charge is 0.257 e. The van der Waals surface area contributed by atoms with Gasteiger partial charge in [0.25, 0.3) is 5.91 Å². The van der Waals surface area contributed by atoms with Crippen LogP contribution in [0.15, 0.2) is 18.2 Å². The van der Waals surface area contributed by atoms with Gasteiger partial charge in [0.1, 0.15) is 5.75 Å². The van der Waals surface area contributed by atoms with Gasteiger partial charge in [-0.1, -0.05) is 24.6 Å². The molecule has 1 aromatic rings. The van der Waals surface area contributed by atoms with E-state index < -0.39 is 0 Å². The van der Waals surface area contributed by atoms with Gasteiger partial charge in [0.2, 0.25) is 0 Å². The van der Waals surface area contributed by atoms with Gasteiger partial charge in [-0.3, -0.25) is 4.79 Å². The molecule has 0 bridgehead atoms. The van der Waals surface area contributed by atoms with Crippen molar-refractivity contribution < 1.29 is 9.53 Å². The van der Waals surface area contributed by atoms with Crippen LogP contribution in [0.5, 0.6) is 5.75 Å². The zero-order valence-corrected chi connectivity index (χ0v) is 12.2. The number of nitrogens with zero attached hydrogens (tertiary/aromatic N) is 1. The second-order valence-corrected chi connectivity index (χ2v) is 4.45. The Hall–Kier alpha value is -1.77. The van der Waals surface area contributed by atoms with E-state index in [-0.39, 0.29) is 18.9 Å². The molecule has 0 unspecified atom stereocenters. The molecule has 0 spiro atoms. The Morgan fingerprint density at radius 2 is 2.30 bits per heavy atom. The van der Waals surface area contributed by atoms with E-state index in [9.17, 15) is 4.79 Å². The molecule has 0 aliphatic heterocycles. The molecule has 2 N–H and O–H groups in total. The van der Waals surface area contributed by atoms with Gasteiger partial charge < -0.3 is 15.4 Å². The number of hydrogen-bond acceptors (Lipinski definition) is 4. The number of carbonyl (C=O) groups excluding carboxylic acids is 1. The van der Waals surface area contributed by atoms with E-state index >= 15 is 0 Å². The zero-order chi connectivity index (χ0) is 14.8. The summed E-state index contributed by atoms with van der Waals surface area (Å²) in [6, 6.07) is 7.30. The van der Waals surface area contributed by atoms with Crippen molar-refractivity contribution in [3.8, 4) is 11.8 Å². The van der Waals surface area contributed by atoms with Gasteiger partial charge in [0.15, 0.2) is 6.61 Å². The number of carbonyl (C=O) groups is 1. The van der Waals surface area contributed by atoms with Crippen molar-refractivity contribution in [3.63, 3.8) is 0 Å². The Morgan fingerprint density at radius 3 is 3.00 bits per heavy atom. The Morgan fingerprint density at radius 1 is 1.50 bits per heavy atom. The third-order valence-electron chi connectivity index (χ3n) is 2.55. The van der Waals surface area contributed by atoms with Crippen LogP contribution in [-0.2, 0) is 11.3 Å². The fourth-order valence-corrected chi connectivity index (χ4v) is 1.78. The summed E-state index contributed by atoms with van der Waals surface area (Å²) in [6.07, 6.45) is 0.286. The van der Waals surface area contributed by atoms with E-state index in [1.807, 2.05) is 13.0 Å². The van der Waals surface area contributed by atoms with Crippen LogP contribution < -0.4 is 15.4 Å². The molecular formula is C14H18ClN3O2. The summed E-state index contributed by atoms with van der Waals surface area (Å²) in [6.45, 7) is 3.64. The molecule has 0 saturated heterocycles. The van der Waals surface area contributed by atoms with Gasteiger partial charge >= 0.3 is 0 Å². The predicted molar refractivity (Wildman–Crippen MR) is 77.6 cm³/mol. The average molecular weight is 296 g/mol. The first-order valence-corrected chi connectivity index (χ1v) is 6.81. The number of nitriles is 1. The third-order valence-corrected chi connectivity index (χ3v) is 2.90. The maximum atomic E-state index is 11.5. The molecule has 0 fully saturated rings. The Kier molecular flexibility index (Phi) is 7.48. The maximum absolute atomic E-state index is 11.5. The fourth-order valence-electron chi connectivity index (χ4n) is 1.55. The lowest BCUT2D eigenvalue weighted by atomic mass is 10.2. The van der Waals surface area contributed by atoms with Gasteiger partial charge in [-0.05, 0) is 18.7 Å². The summed E-state index contributed by atoms with van der Waals surface area (Å²) in [7, 11) is 0. The topological polar surface area (TPSA) is 74.2 Å². The second kappa shape index (κ2) is 9.18. The lowest BCUT2D eigenvalue weighted by Gasteiger charge is -2.13. The largest absolute Gasteiger partial charge is 0.483 e. The highest BCUT2D eigenvalue weighted by Gasteiger charge is 2.09. The van der Waals surface area contributed by atoms with Crippen molar-refractivity contribution in [2.75, 3.05) is 19.7 Å². The normalized spacial score (nSPS) is 9.85. The molecule has 1 amide bonds. The number of ether oxygens (including phenoxy) is 1. The molecule has 0 atom stereocenters. The zero-order valence-electron chi connectivity index (χ0n) is 11.4. The second-order valence-electron chi connectivity index (χ2n) is 4.04. The lowest BCUT2D eigenvalue weighted by Crippen LogP contribution is -2.29. The molecular weight excluding hydrogens is 278 g/mol. The first-order chi connectivity index (χ1) is 9.69. The molecule has 1 aromatic carbocycles. The summed E-state index contributed by atoms with van der Waals surface area (Å²) < 4.78 is 5.49. The average Bonchev–Trinajstić information content (AvgIpc) is 2.44. The maximum Gasteiger partial charge on any atom is 0.257 e. The van der Waals surface area contributed by atoms with E-state index in [0.29, 0.717) is 23.9 Å². The number of nitrogens with one attached hydrogen (secondary N) is 2. The van der Waals surface area contributed by atoms with Crippen molar-refractivity contribution in [3.05, 3.63) is 28.8 Å². The quantitative estimate of drug-likeness (QED) is 0.718. The molecule has 1 rings (SSSR count). The highest BCUT2D eigenvalue weighted by atomic mass is 35.5. The Balaban J connectivity index is 2.56. The van der Waals surface area contributed by atoms with Crippen LogP contribution in [0, 0.1) is 11.3 Å². The highest BCUT2D eigenvalue weighted by molar-refractivity contribution is 6.31. The number of halogens is 1. The van der Waals surface area contributed by atoms with E-state index in [4.69, 9.17) is 21.6 Å². The van der Waals surface area contributed by atoms with Crippen LogP contribution in [0.1, 0.15) is 18.9 Å². The van der Waals surface area contributed by atoms with Crippen LogP contribution in [-0.4, -0.2) is 25.6 Å². The van der Waals surface area contributed by atoms with E-state index in [2.05, 4.69) is 10.6 Å². The number of hydrogen-bond donors (Lipinski definition) is 2. The lowest BCUT2D eigenvalue weighted by molar-refractivity contribution is -0.123. The minimum Gasteiger partial charge on any atom is -0.483 e. The van der Waals surface area contributed by atoms with Gasteiger partial charge in [-0.2, -0.15) is 5.26 Å². The molecule has 5 nitrogen and oxygen atoms in total. The van der Waals surface area contributed by atoms with Crippen molar-refractivity contribution in [2.45, 2.75) is 19.9 Å². The predicted octanol–water partition coefficient (Wildman–Crippen LogP) is 1.86. The molecule has 0 aliphatic carbocycles. The van der Waals surface area contributed by atoms with Crippen LogP contribution in [0.3, 0.4) is 0 Å². The SMILES string of the molecule is CCNCc1c(Cl)cccc1OCC(=O)NCCC#N. The van der Waals surface area contributed by atoms with Crippen molar-refractivity contribution >= 4 is 17.5 Å².